The van der Waals surface area contributed by atoms with E-state index in [-0.39, 0.29) is 6.61 Å². The molecule has 0 unspecified atom stereocenters. The van der Waals surface area contributed by atoms with Crippen LogP contribution >= 0.6 is 0 Å². The Kier molecular flexibility index (Phi) is 5.50. The highest BCUT2D eigenvalue weighted by Gasteiger charge is 2.39. The van der Waals surface area contributed by atoms with Crippen molar-refractivity contribution in [3.63, 3.8) is 0 Å². The highest BCUT2D eigenvalue weighted by molar-refractivity contribution is 5.84. The predicted molar refractivity (Wildman–Crippen MR) is 86.7 cm³/mol. The van der Waals surface area contributed by atoms with Crippen LogP contribution in [-0.2, 0) is 16.1 Å². The first-order valence-electron chi connectivity index (χ1n) is 7.38. The Morgan fingerprint density at radius 2 is 1.70 bits per heavy atom. The van der Waals surface area contributed by atoms with Gasteiger partial charge in [-0.1, -0.05) is 54.6 Å². The average molecular weight is 315 g/mol. The van der Waals surface area contributed by atoms with E-state index in [0.717, 1.165) is 16.7 Å². The van der Waals surface area contributed by atoms with Crippen molar-refractivity contribution >= 4 is 5.91 Å². The van der Waals surface area contributed by atoms with E-state index < -0.39 is 17.6 Å². The lowest BCUT2D eigenvalue weighted by Crippen LogP contribution is -2.52. The molecule has 0 radical (unpaired) electrons. The first-order chi connectivity index (χ1) is 11.0. The van der Waals surface area contributed by atoms with E-state index >= 15 is 0 Å². The van der Waals surface area contributed by atoms with Crippen molar-refractivity contribution in [2.45, 2.75) is 32.2 Å². The Morgan fingerprint density at radius 3 is 2.22 bits per heavy atom. The lowest BCUT2D eigenvalue weighted by Gasteiger charge is -2.30. The van der Waals surface area contributed by atoms with Gasteiger partial charge in [0.25, 0.3) is 5.91 Å². The third-order valence-corrected chi connectivity index (χ3v) is 3.95. The second-order valence-electron chi connectivity index (χ2n) is 5.58. The zero-order chi connectivity index (χ0) is 16.9. The molecule has 0 bridgehead atoms. The molecule has 0 heterocycles. The average Bonchev–Trinajstić information content (AvgIpc) is 2.60. The van der Waals surface area contributed by atoms with Crippen LogP contribution in [0.5, 0.6) is 0 Å². The topological polar surface area (TPSA) is 78.8 Å². The van der Waals surface area contributed by atoms with Gasteiger partial charge in [0, 0.05) is 0 Å². The molecular formula is C18H21NO4. The van der Waals surface area contributed by atoms with Gasteiger partial charge in [-0.05, 0) is 30.5 Å². The van der Waals surface area contributed by atoms with Gasteiger partial charge < -0.3 is 9.84 Å². The maximum Gasteiger partial charge on any atom is 0.277 e. The molecule has 0 saturated heterocycles. The molecule has 0 aliphatic carbocycles. The molecule has 0 spiro atoms. The van der Waals surface area contributed by atoms with Gasteiger partial charge in [0.2, 0.25) is 0 Å². The Balaban J connectivity index is 2.08. The fraction of sp³-hybridized carbons (Fsp3) is 0.278. The van der Waals surface area contributed by atoms with Crippen LogP contribution in [0.4, 0.5) is 0 Å². The fourth-order valence-electron chi connectivity index (χ4n) is 2.14. The predicted octanol–water partition coefficient (Wildman–Crippen LogP) is 2.52. The normalized spacial score (nSPS) is 14.8. The number of aliphatic hydroxyl groups is 1. The molecule has 0 aliphatic rings. The minimum atomic E-state index is -1.52. The summed E-state index contributed by atoms with van der Waals surface area (Å²) in [5, 5.41) is 18.5. The Bertz CT molecular complexity index is 640. The second kappa shape index (κ2) is 7.37. The van der Waals surface area contributed by atoms with Crippen molar-refractivity contribution in [3.8, 4) is 11.1 Å². The molecule has 122 valence electrons. The van der Waals surface area contributed by atoms with Gasteiger partial charge in [-0.25, -0.2) is 5.48 Å². The monoisotopic (exact) mass is 315 g/mol. The van der Waals surface area contributed by atoms with Crippen molar-refractivity contribution in [1.29, 1.82) is 0 Å². The van der Waals surface area contributed by atoms with E-state index in [2.05, 4.69) is 0 Å². The van der Waals surface area contributed by atoms with Crippen LogP contribution < -0.4 is 5.48 Å². The molecule has 2 aromatic carbocycles. The molecule has 0 aliphatic heterocycles. The third-order valence-electron chi connectivity index (χ3n) is 3.95. The summed E-state index contributed by atoms with van der Waals surface area (Å²) in [7, 11) is 0. The SMILES string of the molecule is C[C@@H](O)[C@](C)(OCc1ccc(-c2ccccc2)cc1)C(=O)NO. The number of hydroxylamine groups is 1. The van der Waals surface area contributed by atoms with E-state index in [0.29, 0.717) is 0 Å². The number of benzene rings is 2. The highest BCUT2D eigenvalue weighted by Crippen LogP contribution is 2.22. The van der Waals surface area contributed by atoms with Gasteiger partial charge in [-0.2, -0.15) is 0 Å². The van der Waals surface area contributed by atoms with Crippen LogP contribution in [0.3, 0.4) is 0 Å². The zero-order valence-electron chi connectivity index (χ0n) is 13.2. The number of rotatable bonds is 6. The Hall–Kier alpha value is -2.21. The third kappa shape index (κ3) is 3.96. The van der Waals surface area contributed by atoms with Gasteiger partial charge >= 0.3 is 0 Å². The number of ether oxygens (including phenoxy) is 1. The molecule has 2 rings (SSSR count). The smallest absolute Gasteiger partial charge is 0.277 e. The van der Waals surface area contributed by atoms with Crippen LogP contribution in [-0.4, -0.2) is 27.9 Å². The van der Waals surface area contributed by atoms with Gasteiger partial charge in [0.15, 0.2) is 5.60 Å². The first kappa shape index (κ1) is 17.1. The molecule has 2 aromatic rings. The molecule has 23 heavy (non-hydrogen) atoms. The van der Waals surface area contributed by atoms with Crippen molar-refractivity contribution < 1.29 is 19.8 Å². The lowest BCUT2D eigenvalue weighted by atomic mass is 9.99. The number of carbonyl (C=O) groups is 1. The summed E-state index contributed by atoms with van der Waals surface area (Å²) in [6.07, 6.45) is -1.07. The standard InChI is InChI=1S/C18H21NO4/c1-13(20)18(2,17(21)19-22)23-12-14-8-10-16(11-9-14)15-6-4-3-5-7-15/h3-11,13,20,22H,12H2,1-2H3,(H,19,21)/t13-,18+/m1/s1. The molecule has 5 nitrogen and oxygen atoms in total. The maximum atomic E-state index is 11.7. The van der Waals surface area contributed by atoms with Gasteiger partial charge in [0.1, 0.15) is 0 Å². The highest BCUT2D eigenvalue weighted by atomic mass is 16.5. The molecule has 0 aromatic heterocycles. The fourth-order valence-corrected chi connectivity index (χ4v) is 2.14. The number of hydrogen-bond acceptors (Lipinski definition) is 4. The van der Waals surface area contributed by atoms with Crippen LogP contribution in [0.2, 0.25) is 0 Å². The Labute approximate surface area is 135 Å². The molecule has 0 fully saturated rings. The summed E-state index contributed by atoms with van der Waals surface area (Å²) in [5.41, 5.74) is 3.08. The summed E-state index contributed by atoms with van der Waals surface area (Å²) < 4.78 is 5.55. The van der Waals surface area contributed by atoms with Crippen molar-refractivity contribution in [2.75, 3.05) is 0 Å². The lowest BCUT2D eigenvalue weighted by molar-refractivity contribution is -0.170. The number of hydrogen-bond donors (Lipinski definition) is 3. The Morgan fingerprint density at radius 1 is 1.13 bits per heavy atom. The van der Waals surface area contributed by atoms with Gasteiger partial charge in [-0.15, -0.1) is 0 Å². The van der Waals surface area contributed by atoms with E-state index in [1.54, 1.807) is 0 Å². The quantitative estimate of drug-likeness (QED) is 0.565. The van der Waals surface area contributed by atoms with Gasteiger partial charge in [-0.3, -0.25) is 10.0 Å². The summed E-state index contributed by atoms with van der Waals surface area (Å²) >= 11 is 0. The number of nitrogens with one attached hydrogen (secondary N) is 1. The van der Waals surface area contributed by atoms with E-state index in [1.807, 2.05) is 54.6 Å². The minimum Gasteiger partial charge on any atom is -0.390 e. The van der Waals surface area contributed by atoms with Crippen LogP contribution in [0, 0.1) is 0 Å². The van der Waals surface area contributed by atoms with Gasteiger partial charge in [0.05, 0.1) is 12.7 Å². The number of aliphatic hydroxyl groups excluding tert-OH is 1. The summed E-state index contributed by atoms with van der Waals surface area (Å²) in [4.78, 5) is 11.7. The van der Waals surface area contributed by atoms with Crippen molar-refractivity contribution in [2.24, 2.45) is 0 Å². The van der Waals surface area contributed by atoms with Crippen molar-refractivity contribution in [1.82, 2.24) is 5.48 Å². The molecular weight excluding hydrogens is 294 g/mol. The number of carbonyl (C=O) groups excluding carboxylic acids is 1. The summed E-state index contributed by atoms with van der Waals surface area (Å²) in [5.74, 6) is -0.784. The molecule has 3 N–H and O–H groups in total. The maximum absolute atomic E-state index is 11.7. The zero-order valence-corrected chi connectivity index (χ0v) is 13.2. The molecule has 1 amide bonds. The van der Waals surface area contributed by atoms with Crippen LogP contribution in [0.1, 0.15) is 19.4 Å². The largest absolute Gasteiger partial charge is 0.390 e. The van der Waals surface area contributed by atoms with E-state index in [9.17, 15) is 9.90 Å². The number of amides is 1. The molecule has 5 heteroatoms. The van der Waals surface area contributed by atoms with E-state index in [1.165, 1.54) is 19.3 Å². The van der Waals surface area contributed by atoms with Crippen molar-refractivity contribution in [3.05, 3.63) is 60.2 Å². The summed E-state index contributed by atoms with van der Waals surface area (Å²) in [6.45, 7) is 3.01. The van der Waals surface area contributed by atoms with Crippen LogP contribution in [0.15, 0.2) is 54.6 Å². The van der Waals surface area contributed by atoms with Crippen LogP contribution in [0.25, 0.3) is 11.1 Å². The summed E-state index contributed by atoms with van der Waals surface area (Å²) in [6, 6.07) is 17.7. The first-order valence-corrected chi connectivity index (χ1v) is 7.38. The molecule has 0 saturated carbocycles. The molecule has 2 atom stereocenters. The van der Waals surface area contributed by atoms with E-state index in [4.69, 9.17) is 9.94 Å². The minimum absolute atomic E-state index is 0.143. The second-order valence-corrected chi connectivity index (χ2v) is 5.58.